The minimum Gasteiger partial charge on any atom is -0.348 e. The van der Waals surface area contributed by atoms with Gasteiger partial charge in [-0.1, -0.05) is 29.3 Å². The molecule has 0 spiro atoms. The lowest BCUT2D eigenvalue weighted by Crippen LogP contribution is -2.32. The number of hydrogen-bond acceptors (Lipinski definition) is 2. The standard InChI is InChI=1S/C12H18N2O.ClH/c1-8-4-9(2)6-11(5-8)10(3)14-12(15)7-13;/h4-6,10H,7,13H2,1-3H3,(H,14,15);1H. The molecule has 0 aliphatic heterocycles. The van der Waals surface area contributed by atoms with Crippen LogP contribution in [0.4, 0.5) is 0 Å². The van der Waals surface area contributed by atoms with Crippen LogP contribution >= 0.6 is 12.4 Å². The molecule has 1 amide bonds. The minimum atomic E-state index is -0.123. The summed E-state index contributed by atoms with van der Waals surface area (Å²) < 4.78 is 0. The lowest BCUT2D eigenvalue weighted by Gasteiger charge is -2.15. The van der Waals surface area contributed by atoms with Crippen LogP contribution in [-0.4, -0.2) is 12.5 Å². The van der Waals surface area contributed by atoms with E-state index in [1.807, 2.05) is 20.8 Å². The van der Waals surface area contributed by atoms with Gasteiger partial charge in [-0.15, -0.1) is 12.4 Å². The molecule has 0 heterocycles. The van der Waals surface area contributed by atoms with Crippen molar-refractivity contribution in [3.63, 3.8) is 0 Å². The molecule has 0 fully saturated rings. The molecule has 1 aromatic rings. The first kappa shape index (κ1) is 14.9. The molecule has 16 heavy (non-hydrogen) atoms. The molecule has 3 nitrogen and oxygen atoms in total. The molecule has 0 bridgehead atoms. The summed E-state index contributed by atoms with van der Waals surface area (Å²) >= 11 is 0. The molecule has 0 aromatic heterocycles. The summed E-state index contributed by atoms with van der Waals surface area (Å²) in [6.07, 6.45) is 0. The first-order valence-electron chi connectivity index (χ1n) is 5.10. The van der Waals surface area contributed by atoms with Gasteiger partial charge in [0, 0.05) is 0 Å². The summed E-state index contributed by atoms with van der Waals surface area (Å²) in [5.41, 5.74) is 8.78. The Balaban J connectivity index is 0.00000225. The van der Waals surface area contributed by atoms with Gasteiger partial charge >= 0.3 is 0 Å². The fraction of sp³-hybridized carbons (Fsp3) is 0.417. The molecule has 1 unspecified atom stereocenters. The van der Waals surface area contributed by atoms with E-state index in [2.05, 4.69) is 23.5 Å². The van der Waals surface area contributed by atoms with Crippen molar-refractivity contribution in [2.24, 2.45) is 5.73 Å². The van der Waals surface area contributed by atoms with Crippen molar-refractivity contribution in [1.82, 2.24) is 5.32 Å². The number of benzene rings is 1. The van der Waals surface area contributed by atoms with Gasteiger partial charge in [0.2, 0.25) is 5.91 Å². The zero-order valence-corrected chi connectivity index (χ0v) is 10.7. The minimum absolute atomic E-state index is 0. The van der Waals surface area contributed by atoms with Crippen LogP contribution < -0.4 is 11.1 Å². The van der Waals surface area contributed by atoms with Gasteiger partial charge in [-0.2, -0.15) is 0 Å². The zero-order chi connectivity index (χ0) is 11.4. The van der Waals surface area contributed by atoms with E-state index in [1.165, 1.54) is 11.1 Å². The molecule has 1 atom stereocenters. The second-order valence-corrected chi connectivity index (χ2v) is 3.91. The number of carbonyl (C=O) groups excluding carboxylic acids is 1. The van der Waals surface area contributed by atoms with Crippen molar-refractivity contribution >= 4 is 18.3 Å². The molecule has 0 radical (unpaired) electrons. The van der Waals surface area contributed by atoms with Crippen molar-refractivity contribution in [2.75, 3.05) is 6.54 Å². The van der Waals surface area contributed by atoms with Crippen LogP contribution in [0, 0.1) is 13.8 Å². The highest BCUT2D eigenvalue weighted by atomic mass is 35.5. The lowest BCUT2D eigenvalue weighted by atomic mass is 10.0. The molecule has 90 valence electrons. The monoisotopic (exact) mass is 242 g/mol. The lowest BCUT2D eigenvalue weighted by molar-refractivity contribution is -0.120. The van der Waals surface area contributed by atoms with E-state index in [9.17, 15) is 4.79 Å². The number of aryl methyl sites for hydroxylation is 2. The maximum absolute atomic E-state index is 11.1. The topological polar surface area (TPSA) is 55.1 Å². The number of halogens is 1. The smallest absolute Gasteiger partial charge is 0.234 e. The Labute approximate surface area is 103 Å². The number of amides is 1. The van der Waals surface area contributed by atoms with Crippen molar-refractivity contribution in [2.45, 2.75) is 26.8 Å². The summed E-state index contributed by atoms with van der Waals surface area (Å²) in [5.74, 6) is -0.123. The van der Waals surface area contributed by atoms with Crippen LogP contribution in [0.25, 0.3) is 0 Å². The third-order valence-electron chi connectivity index (χ3n) is 2.31. The third-order valence-corrected chi connectivity index (χ3v) is 2.31. The molecule has 0 aliphatic carbocycles. The maximum atomic E-state index is 11.1. The van der Waals surface area contributed by atoms with Crippen molar-refractivity contribution in [3.05, 3.63) is 34.9 Å². The Morgan fingerprint density at radius 2 is 1.81 bits per heavy atom. The van der Waals surface area contributed by atoms with Gasteiger partial charge in [0.25, 0.3) is 0 Å². The fourth-order valence-electron chi connectivity index (χ4n) is 1.64. The van der Waals surface area contributed by atoms with E-state index in [4.69, 9.17) is 5.73 Å². The van der Waals surface area contributed by atoms with Crippen LogP contribution in [0.15, 0.2) is 18.2 Å². The first-order valence-corrected chi connectivity index (χ1v) is 5.10. The Morgan fingerprint density at radius 3 is 2.25 bits per heavy atom. The highest BCUT2D eigenvalue weighted by molar-refractivity contribution is 5.85. The van der Waals surface area contributed by atoms with E-state index in [1.54, 1.807) is 0 Å². The van der Waals surface area contributed by atoms with Crippen LogP contribution in [0.2, 0.25) is 0 Å². The highest BCUT2D eigenvalue weighted by Gasteiger charge is 2.08. The largest absolute Gasteiger partial charge is 0.348 e. The predicted octanol–water partition coefficient (Wildman–Crippen LogP) is 1.86. The number of nitrogens with two attached hydrogens (primary N) is 1. The molecular formula is C12H19ClN2O. The molecule has 1 aromatic carbocycles. The fourth-order valence-corrected chi connectivity index (χ4v) is 1.64. The summed E-state index contributed by atoms with van der Waals surface area (Å²) in [6.45, 7) is 6.10. The summed E-state index contributed by atoms with van der Waals surface area (Å²) in [5, 5.41) is 2.84. The van der Waals surface area contributed by atoms with Crippen LogP contribution in [0.5, 0.6) is 0 Å². The molecule has 4 heteroatoms. The Morgan fingerprint density at radius 1 is 1.31 bits per heavy atom. The van der Waals surface area contributed by atoms with Gasteiger partial charge in [0.05, 0.1) is 12.6 Å². The van der Waals surface area contributed by atoms with Crippen LogP contribution in [-0.2, 0) is 4.79 Å². The zero-order valence-electron chi connectivity index (χ0n) is 9.91. The second-order valence-electron chi connectivity index (χ2n) is 3.91. The Bertz CT molecular complexity index is 346. The van der Waals surface area contributed by atoms with Crippen molar-refractivity contribution in [3.8, 4) is 0 Å². The molecule has 0 saturated heterocycles. The summed E-state index contributed by atoms with van der Waals surface area (Å²) in [4.78, 5) is 11.1. The predicted molar refractivity (Wildman–Crippen MR) is 68.8 cm³/mol. The third kappa shape index (κ3) is 4.21. The molecule has 0 saturated carbocycles. The quantitative estimate of drug-likeness (QED) is 0.850. The highest BCUT2D eigenvalue weighted by Crippen LogP contribution is 2.16. The van der Waals surface area contributed by atoms with Gasteiger partial charge in [-0.25, -0.2) is 0 Å². The molecule has 0 aliphatic rings. The van der Waals surface area contributed by atoms with Gasteiger partial charge in [0.15, 0.2) is 0 Å². The molecule has 1 rings (SSSR count). The van der Waals surface area contributed by atoms with Crippen molar-refractivity contribution in [1.29, 1.82) is 0 Å². The Kier molecular flexibility index (Phi) is 6.08. The maximum Gasteiger partial charge on any atom is 0.234 e. The molecule has 3 N–H and O–H groups in total. The van der Waals surface area contributed by atoms with Crippen LogP contribution in [0.3, 0.4) is 0 Å². The van der Waals surface area contributed by atoms with E-state index >= 15 is 0 Å². The summed E-state index contributed by atoms with van der Waals surface area (Å²) in [6, 6.07) is 6.28. The van der Waals surface area contributed by atoms with E-state index in [-0.39, 0.29) is 30.9 Å². The number of nitrogens with one attached hydrogen (secondary N) is 1. The first-order chi connectivity index (χ1) is 7.02. The van der Waals surface area contributed by atoms with E-state index in [0.717, 1.165) is 5.56 Å². The van der Waals surface area contributed by atoms with E-state index in [0.29, 0.717) is 0 Å². The number of rotatable bonds is 3. The SMILES string of the molecule is Cc1cc(C)cc(C(C)NC(=O)CN)c1.Cl. The normalized spacial score (nSPS) is 11.5. The average Bonchev–Trinajstić information content (AvgIpc) is 2.16. The number of hydrogen-bond donors (Lipinski definition) is 2. The Hall–Kier alpha value is -1.06. The van der Waals surface area contributed by atoms with Gasteiger partial charge in [-0.3, -0.25) is 4.79 Å². The van der Waals surface area contributed by atoms with E-state index < -0.39 is 0 Å². The summed E-state index contributed by atoms with van der Waals surface area (Å²) in [7, 11) is 0. The van der Waals surface area contributed by atoms with Crippen LogP contribution in [0.1, 0.15) is 29.7 Å². The van der Waals surface area contributed by atoms with Gasteiger partial charge < -0.3 is 11.1 Å². The molecular weight excluding hydrogens is 224 g/mol. The second kappa shape index (κ2) is 6.51. The van der Waals surface area contributed by atoms with Gasteiger partial charge in [-0.05, 0) is 26.3 Å². The number of carbonyl (C=O) groups is 1. The van der Waals surface area contributed by atoms with Gasteiger partial charge in [0.1, 0.15) is 0 Å². The van der Waals surface area contributed by atoms with Crippen molar-refractivity contribution < 1.29 is 4.79 Å². The average molecular weight is 243 g/mol.